The lowest BCUT2D eigenvalue weighted by Gasteiger charge is -2.08. The highest BCUT2D eigenvalue weighted by Crippen LogP contribution is 2.17. The van der Waals surface area contributed by atoms with Gasteiger partial charge in [-0.3, -0.25) is 0 Å². The Morgan fingerprint density at radius 1 is 1.28 bits per heavy atom. The Morgan fingerprint density at radius 2 is 2.00 bits per heavy atom. The van der Waals surface area contributed by atoms with Crippen LogP contribution in [0.4, 0.5) is 11.5 Å². The van der Waals surface area contributed by atoms with Crippen LogP contribution in [0.25, 0.3) is 0 Å². The number of carbonyl (C=O) groups excluding carboxylic acids is 1. The summed E-state index contributed by atoms with van der Waals surface area (Å²) < 4.78 is 4.68. The number of nitrogens with one attached hydrogen (secondary N) is 1. The molecule has 1 aromatic carbocycles. The van der Waals surface area contributed by atoms with Gasteiger partial charge < -0.3 is 10.1 Å². The first-order chi connectivity index (χ1) is 8.70. The third-order valence-electron chi connectivity index (χ3n) is 2.56. The molecule has 0 saturated carbocycles. The molecular weight excluding hydrogens is 228 g/mol. The van der Waals surface area contributed by atoms with Gasteiger partial charge in [-0.15, -0.1) is 0 Å². The second-order valence-electron chi connectivity index (χ2n) is 3.87. The van der Waals surface area contributed by atoms with E-state index < -0.39 is 0 Å². The van der Waals surface area contributed by atoms with Crippen molar-refractivity contribution in [3.63, 3.8) is 0 Å². The van der Waals surface area contributed by atoms with Crippen LogP contribution in [0.5, 0.6) is 0 Å². The zero-order chi connectivity index (χ0) is 13.0. The van der Waals surface area contributed by atoms with E-state index in [-0.39, 0.29) is 5.97 Å². The number of hydrogen-bond acceptors (Lipinski definition) is 4. The van der Waals surface area contributed by atoms with E-state index in [1.807, 2.05) is 43.3 Å². The van der Waals surface area contributed by atoms with Crippen LogP contribution in [0.3, 0.4) is 0 Å². The minimum atomic E-state index is -0.369. The largest absolute Gasteiger partial charge is 0.465 e. The Kier molecular flexibility index (Phi) is 3.57. The Hall–Kier alpha value is -2.36. The van der Waals surface area contributed by atoms with Crippen LogP contribution < -0.4 is 5.32 Å². The molecule has 0 bridgehead atoms. The number of esters is 1. The number of aryl methyl sites for hydroxylation is 1. The smallest absolute Gasteiger partial charge is 0.339 e. The summed E-state index contributed by atoms with van der Waals surface area (Å²) in [6, 6.07) is 11.6. The fraction of sp³-hybridized carbons (Fsp3) is 0.143. The second kappa shape index (κ2) is 5.31. The standard InChI is InChI=1S/C14H14N2O2/c1-10-8-13(15-9-12(10)14(17)18-2)16-11-6-4-3-5-7-11/h3-9H,1-2H3,(H,15,16). The maximum atomic E-state index is 11.4. The van der Waals surface area contributed by atoms with E-state index in [2.05, 4.69) is 15.0 Å². The average molecular weight is 242 g/mol. The molecule has 0 radical (unpaired) electrons. The Labute approximate surface area is 106 Å². The molecule has 1 heterocycles. The lowest BCUT2D eigenvalue weighted by atomic mass is 10.1. The number of anilines is 2. The Balaban J connectivity index is 2.22. The van der Waals surface area contributed by atoms with Crippen molar-refractivity contribution in [2.24, 2.45) is 0 Å². The van der Waals surface area contributed by atoms with Crippen LogP contribution in [-0.2, 0) is 4.74 Å². The molecule has 0 aliphatic rings. The van der Waals surface area contributed by atoms with Gasteiger partial charge in [-0.25, -0.2) is 9.78 Å². The number of methoxy groups -OCH3 is 1. The minimum Gasteiger partial charge on any atom is -0.465 e. The molecule has 2 aromatic rings. The highest BCUT2D eigenvalue weighted by molar-refractivity contribution is 5.90. The summed E-state index contributed by atoms with van der Waals surface area (Å²) in [5.41, 5.74) is 2.27. The fourth-order valence-corrected chi connectivity index (χ4v) is 1.62. The molecule has 1 N–H and O–H groups in total. The lowest BCUT2D eigenvalue weighted by molar-refractivity contribution is 0.0599. The van der Waals surface area contributed by atoms with Crippen LogP contribution in [0.2, 0.25) is 0 Å². The molecular formula is C14H14N2O2. The Bertz CT molecular complexity index is 553. The van der Waals surface area contributed by atoms with Gasteiger partial charge in [0.1, 0.15) is 5.82 Å². The summed E-state index contributed by atoms with van der Waals surface area (Å²) >= 11 is 0. The third kappa shape index (κ3) is 2.66. The zero-order valence-electron chi connectivity index (χ0n) is 10.3. The molecule has 92 valence electrons. The van der Waals surface area contributed by atoms with Gasteiger partial charge in [0.05, 0.1) is 12.7 Å². The molecule has 0 aliphatic heterocycles. The molecule has 0 unspecified atom stereocenters. The molecule has 4 heteroatoms. The van der Waals surface area contributed by atoms with E-state index in [1.54, 1.807) is 0 Å². The number of hydrogen-bond donors (Lipinski definition) is 1. The van der Waals surface area contributed by atoms with E-state index >= 15 is 0 Å². The summed E-state index contributed by atoms with van der Waals surface area (Å²) in [5, 5.41) is 3.17. The zero-order valence-corrected chi connectivity index (χ0v) is 10.3. The number of carbonyl (C=O) groups is 1. The predicted octanol–water partition coefficient (Wildman–Crippen LogP) is 2.92. The van der Waals surface area contributed by atoms with Crippen LogP contribution >= 0.6 is 0 Å². The van der Waals surface area contributed by atoms with Crippen molar-refractivity contribution in [1.29, 1.82) is 0 Å². The SMILES string of the molecule is COC(=O)c1cnc(Nc2ccccc2)cc1C. The van der Waals surface area contributed by atoms with Gasteiger partial charge in [0.25, 0.3) is 0 Å². The highest BCUT2D eigenvalue weighted by atomic mass is 16.5. The number of pyridine rings is 1. The summed E-state index contributed by atoms with van der Waals surface area (Å²) in [6.45, 7) is 1.85. The predicted molar refractivity (Wildman–Crippen MR) is 70.0 cm³/mol. The van der Waals surface area contributed by atoms with Crippen molar-refractivity contribution in [3.8, 4) is 0 Å². The summed E-state index contributed by atoms with van der Waals surface area (Å²) in [6.07, 6.45) is 1.52. The summed E-state index contributed by atoms with van der Waals surface area (Å²) in [7, 11) is 1.36. The topological polar surface area (TPSA) is 51.2 Å². The van der Waals surface area contributed by atoms with E-state index in [1.165, 1.54) is 13.3 Å². The maximum absolute atomic E-state index is 11.4. The first-order valence-electron chi connectivity index (χ1n) is 5.58. The van der Waals surface area contributed by atoms with Crippen molar-refractivity contribution in [1.82, 2.24) is 4.98 Å². The minimum absolute atomic E-state index is 0.369. The Morgan fingerprint density at radius 3 is 2.61 bits per heavy atom. The van der Waals surface area contributed by atoms with Crippen LogP contribution in [0, 0.1) is 6.92 Å². The van der Waals surface area contributed by atoms with Crippen molar-refractivity contribution >= 4 is 17.5 Å². The molecule has 1 aromatic heterocycles. The van der Waals surface area contributed by atoms with E-state index in [0.29, 0.717) is 11.4 Å². The quantitative estimate of drug-likeness (QED) is 0.841. The normalized spacial score (nSPS) is 9.89. The van der Waals surface area contributed by atoms with E-state index in [9.17, 15) is 4.79 Å². The van der Waals surface area contributed by atoms with Crippen molar-refractivity contribution in [2.75, 3.05) is 12.4 Å². The van der Waals surface area contributed by atoms with Gasteiger partial charge in [-0.1, -0.05) is 18.2 Å². The molecule has 0 saturated heterocycles. The van der Waals surface area contributed by atoms with Gasteiger partial charge in [-0.05, 0) is 30.7 Å². The van der Waals surface area contributed by atoms with Crippen LogP contribution in [-0.4, -0.2) is 18.1 Å². The molecule has 2 rings (SSSR count). The number of nitrogens with zero attached hydrogens (tertiary/aromatic N) is 1. The fourth-order valence-electron chi connectivity index (χ4n) is 1.62. The lowest BCUT2D eigenvalue weighted by Crippen LogP contribution is -2.05. The van der Waals surface area contributed by atoms with E-state index in [4.69, 9.17) is 0 Å². The second-order valence-corrected chi connectivity index (χ2v) is 3.87. The first-order valence-corrected chi connectivity index (χ1v) is 5.58. The van der Waals surface area contributed by atoms with Gasteiger partial charge in [0.2, 0.25) is 0 Å². The molecule has 0 spiro atoms. The maximum Gasteiger partial charge on any atom is 0.339 e. The van der Waals surface area contributed by atoms with Crippen molar-refractivity contribution < 1.29 is 9.53 Å². The highest BCUT2D eigenvalue weighted by Gasteiger charge is 2.10. The summed E-state index contributed by atoms with van der Waals surface area (Å²) in [4.78, 5) is 15.6. The molecule has 0 amide bonds. The van der Waals surface area contributed by atoms with Gasteiger partial charge in [0, 0.05) is 11.9 Å². The van der Waals surface area contributed by atoms with Gasteiger partial charge >= 0.3 is 5.97 Å². The molecule has 0 fully saturated rings. The van der Waals surface area contributed by atoms with Crippen molar-refractivity contribution in [3.05, 3.63) is 53.7 Å². The number of aromatic nitrogens is 1. The molecule has 4 nitrogen and oxygen atoms in total. The molecule has 18 heavy (non-hydrogen) atoms. The number of ether oxygens (including phenoxy) is 1. The average Bonchev–Trinajstić information content (AvgIpc) is 2.39. The summed E-state index contributed by atoms with van der Waals surface area (Å²) in [5.74, 6) is 0.331. The third-order valence-corrected chi connectivity index (χ3v) is 2.56. The number of benzene rings is 1. The number of para-hydroxylation sites is 1. The van der Waals surface area contributed by atoms with Crippen molar-refractivity contribution in [2.45, 2.75) is 6.92 Å². The number of rotatable bonds is 3. The van der Waals surface area contributed by atoms with E-state index in [0.717, 1.165) is 11.3 Å². The molecule has 0 aliphatic carbocycles. The van der Waals surface area contributed by atoms with Crippen LogP contribution in [0.1, 0.15) is 15.9 Å². The van der Waals surface area contributed by atoms with Crippen LogP contribution in [0.15, 0.2) is 42.6 Å². The first kappa shape index (κ1) is 12.1. The van der Waals surface area contributed by atoms with Gasteiger partial charge in [-0.2, -0.15) is 0 Å². The van der Waals surface area contributed by atoms with Gasteiger partial charge in [0.15, 0.2) is 0 Å². The molecule has 0 atom stereocenters. The monoisotopic (exact) mass is 242 g/mol.